The highest BCUT2D eigenvalue weighted by molar-refractivity contribution is 5.94. The number of pyridine rings is 2. The molecule has 0 N–H and O–H groups in total. The van der Waals surface area contributed by atoms with Crippen LogP contribution in [0.25, 0.3) is 11.2 Å². The van der Waals surface area contributed by atoms with Crippen LogP contribution in [0.4, 0.5) is 19.2 Å². The molecule has 1 saturated carbocycles. The standard InChI is InChI=1S/C23H24F3N5O3/c1-14-11-16(12-27-19(14)33-13-22(5-6-22)23(24,25)26)20(32)30-7-9-31(10-8-30)21-29-18-17(34-21)4-3-15(2)28-18/h3-4,11-12H,5-10,13H2,1-2H3. The van der Waals surface area contributed by atoms with E-state index >= 15 is 0 Å². The van der Waals surface area contributed by atoms with Crippen LogP contribution in [0.5, 0.6) is 5.88 Å². The SMILES string of the molecule is Cc1ccc2oc(N3CCN(C(=O)c4cnc(OCC5(C(F)(F)F)CC5)c(C)c4)CC3)nc2n1. The van der Waals surface area contributed by atoms with Gasteiger partial charge in [0.2, 0.25) is 11.5 Å². The maximum atomic E-state index is 13.1. The Labute approximate surface area is 193 Å². The highest BCUT2D eigenvalue weighted by atomic mass is 19.4. The molecule has 0 unspecified atom stereocenters. The molecule has 0 radical (unpaired) electrons. The number of nitrogens with zero attached hydrogens (tertiary/aromatic N) is 5. The zero-order valence-electron chi connectivity index (χ0n) is 18.9. The molecule has 34 heavy (non-hydrogen) atoms. The van der Waals surface area contributed by atoms with Crippen molar-refractivity contribution >= 4 is 23.2 Å². The van der Waals surface area contributed by atoms with Gasteiger partial charge in [-0.3, -0.25) is 4.79 Å². The number of rotatable bonds is 5. The normalized spacial score (nSPS) is 17.8. The minimum Gasteiger partial charge on any atom is -0.477 e. The van der Waals surface area contributed by atoms with Crippen molar-refractivity contribution in [2.24, 2.45) is 5.41 Å². The monoisotopic (exact) mass is 475 g/mol. The lowest BCUT2D eigenvalue weighted by molar-refractivity contribution is -0.194. The van der Waals surface area contributed by atoms with Gasteiger partial charge in [-0.15, -0.1) is 0 Å². The Kier molecular flexibility index (Phi) is 5.37. The van der Waals surface area contributed by atoms with Gasteiger partial charge in [0.05, 0.1) is 5.56 Å². The van der Waals surface area contributed by atoms with Gasteiger partial charge < -0.3 is 19.0 Å². The topological polar surface area (TPSA) is 84.6 Å². The number of halogens is 3. The average Bonchev–Trinajstić information content (AvgIpc) is 3.50. The Balaban J connectivity index is 1.20. The summed E-state index contributed by atoms with van der Waals surface area (Å²) < 4.78 is 50.5. The molecule has 3 aromatic rings. The van der Waals surface area contributed by atoms with E-state index in [1.54, 1.807) is 17.9 Å². The first-order valence-electron chi connectivity index (χ1n) is 11.1. The van der Waals surface area contributed by atoms with Crippen LogP contribution in [-0.4, -0.2) is 64.7 Å². The number of piperazine rings is 1. The first-order chi connectivity index (χ1) is 16.1. The molecule has 0 aromatic carbocycles. The lowest BCUT2D eigenvalue weighted by Gasteiger charge is -2.33. The van der Waals surface area contributed by atoms with E-state index in [1.165, 1.54) is 6.20 Å². The first kappa shape index (κ1) is 22.4. The highest BCUT2D eigenvalue weighted by Gasteiger charge is 2.64. The molecular weight excluding hydrogens is 451 g/mol. The largest absolute Gasteiger partial charge is 0.477 e. The Morgan fingerprint density at radius 1 is 1.15 bits per heavy atom. The van der Waals surface area contributed by atoms with Gasteiger partial charge in [-0.1, -0.05) is 0 Å². The van der Waals surface area contributed by atoms with Gasteiger partial charge in [-0.2, -0.15) is 18.2 Å². The number of ether oxygens (including phenoxy) is 1. The maximum absolute atomic E-state index is 13.1. The first-order valence-corrected chi connectivity index (χ1v) is 11.1. The van der Waals surface area contributed by atoms with Crippen LogP contribution in [0.15, 0.2) is 28.8 Å². The fraction of sp³-hybridized carbons (Fsp3) is 0.478. The molecule has 0 bridgehead atoms. The molecule has 11 heteroatoms. The van der Waals surface area contributed by atoms with Gasteiger partial charge in [-0.05, 0) is 44.9 Å². The van der Waals surface area contributed by atoms with E-state index in [-0.39, 0.29) is 24.6 Å². The summed E-state index contributed by atoms with van der Waals surface area (Å²) in [5, 5.41) is 0. The lowest BCUT2D eigenvalue weighted by Crippen LogP contribution is -2.49. The predicted molar refractivity (Wildman–Crippen MR) is 117 cm³/mol. The van der Waals surface area contributed by atoms with Crippen LogP contribution in [-0.2, 0) is 0 Å². The quantitative estimate of drug-likeness (QED) is 0.553. The van der Waals surface area contributed by atoms with Crippen LogP contribution < -0.4 is 9.64 Å². The van der Waals surface area contributed by atoms with Crippen LogP contribution in [0.1, 0.15) is 34.5 Å². The number of amides is 1. The molecule has 3 aromatic heterocycles. The predicted octanol–water partition coefficient (Wildman–Crippen LogP) is 3.92. The van der Waals surface area contributed by atoms with Crippen molar-refractivity contribution in [3.05, 3.63) is 41.2 Å². The van der Waals surface area contributed by atoms with Crippen molar-refractivity contribution in [3.8, 4) is 5.88 Å². The fourth-order valence-electron chi connectivity index (χ4n) is 4.02. The van der Waals surface area contributed by atoms with Crippen LogP contribution in [0.2, 0.25) is 0 Å². The second-order valence-electron chi connectivity index (χ2n) is 8.96. The number of oxazole rings is 1. The second kappa shape index (κ2) is 8.14. The number of fused-ring (bicyclic) bond motifs is 1. The zero-order valence-corrected chi connectivity index (χ0v) is 18.9. The molecule has 1 saturated heterocycles. The van der Waals surface area contributed by atoms with Gasteiger partial charge in [0.25, 0.3) is 11.9 Å². The Bertz CT molecular complexity index is 1230. The molecular formula is C23H24F3N5O3. The molecule has 1 aliphatic heterocycles. The van der Waals surface area contributed by atoms with E-state index in [9.17, 15) is 18.0 Å². The number of aryl methyl sites for hydroxylation is 2. The van der Waals surface area contributed by atoms with Crippen molar-refractivity contribution in [2.45, 2.75) is 32.9 Å². The maximum Gasteiger partial charge on any atom is 0.397 e. The third-order valence-electron chi connectivity index (χ3n) is 6.44. The van der Waals surface area contributed by atoms with Crippen LogP contribution >= 0.6 is 0 Å². The number of alkyl halides is 3. The minimum atomic E-state index is -4.29. The van der Waals surface area contributed by atoms with Crippen molar-refractivity contribution in [2.75, 3.05) is 37.7 Å². The van der Waals surface area contributed by atoms with E-state index in [4.69, 9.17) is 9.15 Å². The molecule has 1 aliphatic carbocycles. The number of carbonyl (C=O) groups excluding carboxylic acids is 1. The number of carbonyl (C=O) groups is 1. The summed E-state index contributed by atoms with van der Waals surface area (Å²) in [7, 11) is 0. The van der Waals surface area contributed by atoms with E-state index in [2.05, 4.69) is 15.0 Å². The van der Waals surface area contributed by atoms with Crippen molar-refractivity contribution in [1.29, 1.82) is 0 Å². The summed E-state index contributed by atoms with van der Waals surface area (Å²) in [6, 6.07) is 5.79. The average molecular weight is 475 g/mol. The van der Waals surface area contributed by atoms with Crippen molar-refractivity contribution in [1.82, 2.24) is 19.9 Å². The molecule has 180 valence electrons. The van der Waals surface area contributed by atoms with Crippen molar-refractivity contribution < 1.29 is 27.1 Å². The zero-order chi connectivity index (χ0) is 24.1. The van der Waals surface area contributed by atoms with E-state index in [0.29, 0.717) is 54.6 Å². The smallest absolute Gasteiger partial charge is 0.397 e. The summed E-state index contributed by atoms with van der Waals surface area (Å²) in [6.45, 7) is 5.14. The number of aromatic nitrogens is 3. The van der Waals surface area contributed by atoms with Gasteiger partial charge >= 0.3 is 6.18 Å². The number of hydrogen-bond acceptors (Lipinski definition) is 7. The Morgan fingerprint density at radius 3 is 2.53 bits per heavy atom. The molecule has 2 aliphatic rings. The van der Waals surface area contributed by atoms with Crippen molar-refractivity contribution in [3.63, 3.8) is 0 Å². The molecule has 0 atom stereocenters. The van der Waals surface area contributed by atoms with Gasteiger partial charge in [0.1, 0.15) is 12.0 Å². The summed E-state index contributed by atoms with van der Waals surface area (Å²) in [4.78, 5) is 29.6. The van der Waals surface area contributed by atoms with Gasteiger partial charge in [-0.25, -0.2) is 9.97 Å². The molecule has 2 fully saturated rings. The van der Waals surface area contributed by atoms with Gasteiger partial charge in [0.15, 0.2) is 5.58 Å². The lowest BCUT2D eigenvalue weighted by atomic mass is 10.1. The molecule has 1 amide bonds. The third-order valence-corrected chi connectivity index (χ3v) is 6.44. The number of hydrogen-bond donors (Lipinski definition) is 0. The van der Waals surface area contributed by atoms with Crippen LogP contribution in [0.3, 0.4) is 0 Å². The molecule has 4 heterocycles. The van der Waals surface area contributed by atoms with Crippen LogP contribution in [0, 0.1) is 19.3 Å². The Hall–Kier alpha value is -3.37. The second-order valence-corrected chi connectivity index (χ2v) is 8.96. The number of anilines is 1. The summed E-state index contributed by atoms with van der Waals surface area (Å²) in [5.74, 6) is -0.0673. The fourth-order valence-corrected chi connectivity index (χ4v) is 4.02. The van der Waals surface area contributed by atoms with Gasteiger partial charge in [0, 0.05) is 43.6 Å². The van der Waals surface area contributed by atoms with E-state index in [0.717, 1.165) is 5.69 Å². The molecule has 8 nitrogen and oxygen atoms in total. The minimum absolute atomic E-state index is 0.0673. The highest BCUT2D eigenvalue weighted by Crippen LogP contribution is 2.57. The van der Waals surface area contributed by atoms with E-state index < -0.39 is 18.2 Å². The summed E-state index contributed by atoms with van der Waals surface area (Å²) >= 11 is 0. The summed E-state index contributed by atoms with van der Waals surface area (Å²) in [5.41, 5.74) is 1.16. The molecule has 0 spiro atoms. The molecule has 5 rings (SSSR count). The van der Waals surface area contributed by atoms with E-state index in [1.807, 2.05) is 24.0 Å². The summed E-state index contributed by atoms with van der Waals surface area (Å²) in [6.07, 6.45) is -2.79. The Morgan fingerprint density at radius 2 is 1.88 bits per heavy atom. The third kappa shape index (κ3) is 4.14.